The number of nitrogens with one attached hydrogen (secondary N) is 2. The lowest BCUT2D eigenvalue weighted by Gasteiger charge is -2.10. The second-order valence-corrected chi connectivity index (χ2v) is 7.30. The fourth-order valence-corrected chi connectivity index (χ4v) is 3.45. The summed E-state index contributed by atoms with van der Waals surface area (Å²) in [6.45, 7) is 0. The van der Waals surface area contributed by atoms with E-state index in [9.17, 15) is 9.59 Å². The van der Waals surface area contributed by atoms with Crippen LogP contribution < -0.4 is 20.1 Å². The molecule has 2 amide bonds. The fraction of sp³-hybridized carbons (Fsp3) is 0.130. The standard InChI is InChI=1S/C23H22N2O4S/c1-28-18-12-10-16(11-13-18)23(27)24-17-6-5-7-19(14-17)30-15-22(26)25-20-8-3-4-9-21(20)29-2/h3-14H,15H2,1-2H3,(H,24,27)(H,25,26). The molecule has 0 aromatic heterocycles. The average molecular weight is 423 g/mol. The van der Waals surface area contributed by atoms with Crippen molar-refractivity contribution in [2.24, 2.45) is 0 Å². The van der Waals surface area contributed by atoms with Gasteiger partial charge in [-0.15, -0.1) is 11.8 Å². The molecule has 2 N–H and O–H groups in total. The maximum Gasteiger partial charge on any atom is 0.255 e. The number of carbonyl (C=O) groups is 2. The smallest absolute Gasteiger partial charge is 0.255 e. The highest BCUT2D eigenvalue weighted by molar-refractivity contribution is 8.00. The number of thioether (sulfide) groups is 1. The van der Waals surface area contributed by atoms with E-state index in [1.165, 1.54) is 11.8 Å². The average Bonchev–Trinajstić information content (AvgIpc) is 2.78. The lowest BCUT2D eigenvalue weighted by atomic mass is 10.2. The molecule has 0 spiro atoms. The fourth-order valence-electron chi connectivity index (χ4n) is 2.69. The van der Waals surface area contributed by atoms with Crippen LogP contribution in [-0.2, 0) is 4.79 Å². The first-order valence-electron chi connectivity index (χ1n) is 9.20. The topological polar surface area (TPSA) is 76.7 Å². The van der Waals surface area contributed by atoms with Crippen LogP contribution in [-0.4, -0.2) is 31.8 Å². The summed E-state index contributed by atoms with van der Waals surface area (Å²) in [5.74, 6) is 1.18. The molecule has 3 rings (SSSR count). The molecule has 0 aliphatic rings. The first-order chi connectivity index (χ1) is 14.6. The molecule has 0 saturated carbocycles. The van der Waals surface area contributed by atoms with E-state index >= 15 is 0 Å². The zero-order valence-corrected chi connectivity index (χ0v) is 17.5. The van der Waals surface area contributed by atoms with Crippen molar-refractivity contribution in [3.8, 4) is 11.5 Å². The van der Waals surface area contributed by atoms with Gasteiger partial charge in [0.2, 0.25) is 5.91 Å². The van der Waals surface area contributed by atoms with Crippen molar-refractivity contribution in [3.63, 3.8) is 0 Å². The van der Waals surface area contributed by atoms with E-state index < -0.39 is 0 Å². The minimum absolute atomic E-state index is 0.142. The maximum absolute atomic E-state index is 12.4. The minimum Gasteiger partial charge on any atom is -0.497 e. The number of amides is 2. The third-order valence-corrected chi connectivity index (χ3v) is 5.19. The number of anilines is 2. The molecule has 6 nitrogen and oxygen atoms in total. The van der Waals surface area contributed by atoms with E-state index in [4.69, 9.17) is 9.47 Å². The van der Waals surface area contributed by atoms with Crippen molar-refractivity contribution in [2.45, 2.75) is 4.90 Å². The van der Waals surface area contributed by atoms with Crippen LogP contribution in [0, 0.1) is 0 Å². The lowest BCUT2D eigenvalue weighted by Crippen LogP contribution is -2.14. The maximum atomic E-state index is 12.4. The molecule has 0 unspecified atom stereocenters. The Morgan fingerprint density at radius 3 is 2.37 bits per heavy atom. The van der Waals surface area contributed by atoms with E-state index in [-0.39, 0.29) is 17.6 Å². The molecule has 0 heterocycles. The van der Waals surface area contributed by atoms with Gasteiger partial charge in [-0.05, 0) is 54.6 Å². The highest BCUT2D eigenvalue weighted by atomic mass is 32.2. The van der Waals surface area contributed by atoms with Crippen molar-refractivity contribution in [1.29, 1.82) is 0 Å². The summed E-state index contributed by atoms with van der Waals surface area (Å²) < 4.78 is 10.3. The molecule has 0 saturated heterocycles. The second-order valence-electron chi connectivity index (χ2n) is 6.25. The third kappa shape index (κ3) is 5.78. The predicted molar refractivity (Wildman–Crippen MR) is 120 cm³/mol. The third-order valence-electron chi connectivity index (χ3n) is 4.20. The summed E-state index contributed by atoms with van der Waals surface area (Å²) in [5.41, 5.74) is 1.82. The Balaban J connectivity index is 1.57. The van der Waals surface area contributed by atoms with E-state index in [1.54, 1.807) is 56.7 Å². The molecule has 154 valence electrons. The largest absolute Gasteiger partial charge is 0.497 e. The number of ether oxygens (including phenoxy) is 2. The molecular formula is C23H22N2O4S. The van der Waals surface area contributed by atoms with E-state index in [2.05, 4.69) is 10.6 Å². The van der Waals surface area contributed by atoms with Gasteiger partial charge in [-0.1, -0.05) is 18.2 Å². The minimum atomic E-state index is -0.214. The van der Waals surface area contributed by atoms with Gasteiger partial charge in [0.25, 0.3) is 5.91 Å². The van der Waals surface area contributed by atoms with Crippen molar-refractivity contribution >= 4 is 35.0 Å². The summed E-state index contributed by atoms with van der Waals surface area (Å²) in [5, 5.41) is 5.71. The number of rotatable bonds is 8. The van der Waals surface area contributed by atoms with Crippen LogP contribution in [0.1, 0.15) is 10.4 Å². The first kappa shape index (κ1) is 21.3. The normalized spacial score (nSPS) is 10.2. The Morgan fingerprint density at radius 1 is 0.867 bits per heavy atom. The van der Waals surface area contributed by atoms with Gasteiger partial charge in [-0.3, -0.25) is 9.59 Å². The van der Waals surface area contributed by atoms with Gasteiger partial charge in [-0.25, -0.2) is 0 Å². The summed E-state index contributed by atoms with van der Waals surface area (Å²) in [7, 11) is 3.14. The van der Waals surface area contributed by atoms with Crippen LogP contribution in [0.5, 0.6) is 11.5 Å². The number of benzene rings is 3. The van der Waals surface area contributed by atoms with Gasteiger partial charge in [0.05, 0.1) is 25.7 Å². The van der Waals surface area contributed by atoms with Crippen molar-refractivity contribution in [2.75, 3.05) is 30.6 Å². The number of hydrogen-bond acceptors (Lipinski definition) is 5. The highest BCUT2D eigenvalue weighted by Gasteiger charge is 2.09. The van der Waals surface area contributed by atoms with Crippen molar-refractivity contribution in [1.82, 2.24) is 0 Å². The molecule has 3 aromatic carbocycles. The van der Waals surface area contributed by atoms with Gasteiger partial charge in [-0.2, -0.15) is 0 Å². The summed E-state index contributed by atoms with van der Waals surface area (Å²) in [6.07, 6.45) is 0. The Hall–Kier alpha value is -3.45. The molecule has 0 aliphatic carbocycles. The van der Waals surface area contributed by atoms with Gasteiger partial charge in [0.1, 0.15) is 11.5 Å². The zero-order valence-electron chi connectivity index (χ0n) is 16.7. The molecular weight excluding hydrogens is 400 g/mol. The van der Waals surface area contributed by atoms with Crippen molar-refractivity contribution < 1.29 is 19.1 Å². The van der Waals surface area contributed by atoms with Gasteiger partial charge < -0.3 is 20.1 Å². The zero-order chi connectivity index (χ0) is 21.3. The Labute approximate surface area is 179 Å². The SMILES string of the molecule is COc1ccc(C(=O)Nc2cccc(SCC(=O)Nc3ccccc3OC)c2)cc1. The van der Waals surface area contributed by atoms with Gasteiger partial charge >= 0.3 is 0 Å². The summed E-state index contributed by atoms with van der Waals surface area (Å²) in [6, 6.07) is 21.5. The lowest BCUT2D eigenvalue weighted by molar-refractivity contribution is -0.113. The molecule has 30 heavy (non-hydrogen) atoms. The van der Waals surface area contributed by atoms with Gasteiger partial charge in [0, 0.05) is 16.1 Å². The van der Waals surface area contributed by atoms with Crippen LogP contribution in [0.25, 0.3) is 0 Å². The number of para-hydroxylation sites is 2. The molecule has 0 radical (unpaired) electrons. The van der Waals surface area contributed by atoms with Crippen LogP contribution in [0.15, 0.2) is 77.7 Å². The Kier molecular flexibility index (Phi) is 7.34. The molecule has 0 bridgehead atoms. The Bertz CT molecular complexity index is 1020. The molecule has 0 aliphatic heterocycles. The molecule has 7 heteroatoms. The van der Waals surface area contributed by atoms with Crippen LogP contribution in [0.2, 0.25) is 0 Å². The van der Waals surface area contributed by atoms with Crippen LogP contribution >= 0.6 is 11.8 Å². The Morgan fingerprint density at radius 2 is 1.63 bits per heavy atom. The quantitative estimate of drug-likeness (QED) is 0.515. The second kappa shape index (κ2) is 10.4. The summed E-state index contributed by atoms with van der Waals surface area (Å²) >= 11 is 1.38. The first-order valence-corrected chi connectivity index (χ1v) is 10.2. The molecule has 0 atom stereocenters. The number of hydrogen-bond donors (Lipinski definition) is 2. The molecule has 3 aromatic rings. The number of carbonyl (C=O) groups excluding carboxylic acids is 2. The number of methoxy groups -OCH3 is 2. The van der Waals surface area contributed by atoms with Crippen LogP contribution in [0.4, 0.5) is 11.4 Å². The van der Waals surface area contributed by atoms with Gasteiger partial charge in [0.15, 0.2) is 0 Å². The summed E-state index contributed by atoms with van der Waals surface area (Å²) in [4.78, 5) is 25.6. The van der Waals surface area contributed by atoms with Crippen molar-refractivity contribution in [3.05, 3.63) is 78.4 Å². The van der Waals surface area contributed by atoms with E-state index in [0.29, 0.717) is 28.4 Å². The highest BCUT2D eigenvalue weighted by Crippen LogP contribution is 2.25. The van der Waals surface area contributed by atoms with E-state index in [0.717, 1.165) is 4.90 Å². The van der Waals surface area contributed by atoms with E-state index in [1.807, 2.05) is 30.3 Å². The predicted octanol–water partition coefficient (Wildman–Crippen LogP) is 4.69. The monoisotopic (exact) mass is 422 g/mol. The van der Waals surface area contributed by atoms with Crippen LogP contribution in [0.3, 0.4) is 0 Å². The molecule has 0 fully saturated rings.